The highest BCUT2D eigenvalue weighted by Gasteiger charge is 2.27. The van der Waals surface area contributed by atoms with E-state index in [1.807, 2.05) is 0 Å². The average Bonchev–Trinajstić information content (AvgIpc) is 2.67. The van der Waals surface area contributed by atoms with Crippen molar-refractivity contribution in [3.63, 3.8) is 0 Å². The SMILES string of the molecule is CC(O)C(N)C(=O)NC(CCC(=O)O)C(=O)NCC(=O)NC(CCCCN)C(=O)O. The molecule has 0 aliphatic rings. The van der Waals surface area contributed by atoms with Crippen molar-refractivity contribution < 1.29 is 39.3 Å². The maximum atomic E-state index is 12.3. The predicted octanol–water partition coefficient (Wildman–Crippen LogP) is -3.14. The van der Waals surface area contributed by atoms with Gasteiger partial charge in [-0.1, -0.05) is 0 Å². The van der Waals surface area contributed by atoms with Crippen LogP contribution in [0.2, 0.25) is 0 Å². The molecule has 0 bridgehead atoms. The van der Waals surface area contributed by atoms with Crippen LogP contribution in [0.15, 0.2) is 0 Å². The Labute approximate surface area is 173 Å². The summed E-state index contributed by atoms with van der Waals surface area (Å²) in [7, 11) is 0. The average molecular weight is 433 g/mol. The van der Waals surface area contributed by atoms with Crippen molar-refractivity contribution in [3.8, 4) is 0 Å². The van der Waals surface area contributed by atoms with Crippen LogP contribution in [0.25, 0.3) is 0 Å². The maximum Gasteiger partial charge on any atom is 0.326 e. The van der Waals surface area contributed by atoms with Crippen molar-refractivity contribution in [1.82, 2.24) is 16.0 Å². The fourth-order valence-electron chi connectivity index (χ4n) is 2.31. The summed E-state index contributed by atoms with van der Waals surface area (Å²) in [6.07, 6.45) is -0.677. The van der Waals surface area contributed by atoms with Gasteiger partial charge in [0.15, 0.2) is 0 Å². The van der Waals surface area contributed by atoms with Crippen molar-refractivity contribution in [2.24, 2.45) is 11.5 Å². The number of aliphatic hydroxyl groups is 1. The van der Waals surface area contributed by atoms with Crippen LogP contribution in [0.1, 0.15) is 39.0 Å². The fraction of sp³-hybridized carbons (Fsp3) is 0.706. The number of aliphatic hydroxyl groups excluding tert-OH is 1. The molecule has 0 aromatic carbocycles. The second-order valence-electron chi connectivity index (χ2n) is 6.72. The van der Waals surface area contributed by atoms with E-state index in [1.165, 1.54) is 6.92 Å². The molecule has 0 aliphatic heterocycles. The standard InChI is InChI=1S/C17H31N5O8/c1-9(23)14(19)16(28)22-10(5-6-13(25)26)15(27)20-8-12(24)21-11(17(29)30)4-2-3-7-18/h9-11,14,23H,2-8,18-19H2,1H3,(H,20,27)(H,21,24)(H,22,28)(H,25,26)(H,29,30). The molecule has 4 unspecified atom stereocenters. The zero-order valence-corrected chi connectivity index (χ0v) is 16.8. The molecular formula is C17H31N5O8. The number of carbonyl (C=O) groups is 5. The monoisotopic (exact) mass is 433 g/mol. The summed E-state index contributed by atoms with van der Waals surface area (Å²) in [5.74, 6) is -4.93. The molecular weight excluding hydrogens is 402 g/mol. The van der Waals surface area contributed by atoms with Gasteiger partial charge in [0, 0.05) is 6.42 Å². The topological polar surface area (TPSA) is 234 Å². The molecule has 0 heterocycles. The number of amides is 3. The van der Waals surface area contributed by atoms with Gasteiger partial charge >= 0.3 is 11.9 Å². The molecule has 13 nitrogen and oxygen atoms in total. The fourth-order valence-corrected chi connectivity index (χ4v) is 2.31. The summed E-state index contributed by atoms with van der Waals surface area (Å²) >= 11 is 0. The van der Waals surface area contributed by atoms with E-state index in [1.54, 1.807) is 0 Å². The van der Waals surface area contributed by atoms with Gasteiger partial charge in [0.05, 0.1) is 12.6 Å². The smallest absolute Gasteiger partial charge is 0.326 e. The lowest BCUT2D eigenvalue weighted by Gasteiger charge is -2.21. The quantitative estimate of drug-likeness (QED) is 0.121. The molecule has 10 N–H and O–H groups in total. The van der Waals surface area contributed by atoms with E-state index < -0.39 is 66.9 Å². The molecule has 0 aliphatic carbocycles. The van der Waals surface area contributed by atoms with Crippen LogP contribution >= 0.6 is 0 Å². The summed E-state index contributed by atoms with van der Waals surface area (Å²) in [4.78, 5) is 58.2. The summed E-state index contributed by atoms with van der Waals surface area (Å²) in [6, 6.07) is -3.79. The minimum Gasteiger partial charge on any atom is -0.481 e. The molecule has 0 aromatic rings. The Bertz CT molecular complexity index is 613. The van der Waals surface area contributed by atoms with E-state index in [0.29, 0.717) is 19.4 Å². The van der Waals surface area contributed by atoms with Crippen molar-refractivity contribution in [2.75, 3.05) is 13.1 Å². The number of nitrogens with one attached hydrogen (secondary N) is 3. The highest BCUT2D eigenvalue weighted by molar-refractivity contribution is 5.92. The van der Waals surface area contributed by atoms with Crippen molar-refractivity contribution in [2.45, 2.75) is 63.3 Å². The summed E-state index contributed by atoms with van der Waals surface area (Å²) in [5, 5.41) is 34.0. The number of hydrogen-bond acceptors (Lipinski definition) is 8. The van der Waals surface area contributed by atoms with Crippen molar-refractivity contribution in [1.29, 1.82) is 0 Å². The summed E-state index contributed by atoms with van der Waals surface area (Å²) in [6.45, 7) is 1.08. The van der Waals surface area contributed by atoms with Crippen LogP contribution in [0.4, 0.5) is 0 Å². The number of aliphatic carboxylic acids is 2. The molecule has 0 spiro atoms. The lowest BCUT2D eigenvalue weighted by atomic mass is 10.1. The van der Waals surface area contributed by atoms with Gasteiger partial charge in [0.25, 0.3) is 0 Å². The molecule has 0 fully saturated rings. The highest BCUT2D eigenvalue weighted by Crippen LogP contribution is 2.02. The van der Waals surface area contributed by atoms with Gasteiger partial charge in [0.2, 0.25) is 17.7 Å². The summed E-state index contributed by atoms with van der Waals surface area (Å²) in [5.41, 5.74) is 10.8. The van der Waals surface area contributed by atoms with Gasteiger partial charge in [-0.25, -0.2) is 4.79 Å². The van der Waals surface area contributed by atoms with Gasteiger partial charge in [-0.3, -0.25) is 19.2 Å². The largest absolute Gasteiger partial charge is 0.481 e. The molecule has 0 aromatic heterocycles. The molecule has 3 amide bonds. The van der Waals surface area contributed by atoms with Crippen LogP contribution in [0.3, 0.4) is 0 Å². The Hall–Kier alpha value is -2.77. The first kappa shape index (κ1) is 27.2. The van der Waals surface area contributed by atoms with Gasteiger partial charge in [-0.05, 0) is 39.2 Å². The first-order valence-electron chi connectivity index (χ1n) is 9.45. The highest BCUT2D eigenvalue weighted by atomic mass is 16.4. The zero-order valence-electron chi connectivity index (χ0n) is 16.8. The number of carboxylic acids is 2. The first-order chi connectivity index (χ1) is 14.0. The zero-order chi connectivity index (χ0) is 23.3. The van der Waals surface area contributed by atoms with Crippen LogP contribution in [0.5, 0.6) is 0 Å². The lowest BCUT2D eigenvalue weighted by molar-refractivity contribution is -0.142. The third-order valence-corrected chi connectivity index (χ3v) is 4.11. The number of hydrogen-bond donors (Lipinski definition) is 8. The van der Waals surface area contributed by atoms with Gasteiger partial charge < -0.3 is 42.7 Å². The van der Waals surface area contributed by atoms with E-state index >= 15 is 0 Å². The van der Waals surface area contributed by atoms with Crippen LogP contribution in [0, 0.1) is 0 Å². The van der Waals surface area contributed by atoms with Crippen LogP contribution in [-0.4, -0.2) is 82.3 Å². The Morgan fingerprint density at radius 2 is 1.57 bits per heavy atom. The number of carboxylic acid groups (broad SMARTS) is 2. The Morgan fingerprint density at radius 3 is 2.07 bits per heavy atom. The first-order valence-corrected chi connectivity index (χ1v) is 9.45. The normalized spacial score (nSPS) is 14.7. The molecule has 0 saturated heterocycles. The van der Waals surface area contributed by atoms with Gasteiger partial charge in [0.1, 0.15) is 18.1 Å². The molecule has 0 radical (unpaired) electrons. The molecule has 13 heteroatoms. The van der Waals surface area contributed by atoms with E-state index in [0.717, 1.165) is 0 Å². The number of carbonyl (C=O) groups excluding carboxylic acids is 3. The molecule has 0 saturated carbocycles. The maximum absolute atomic E-state index is 12.3. The molecule has 4 atom stereocenters. The molecule has 0 rings (SSSR count). The van der Waals surface area contributed by atoms with E-state index in [2.05, 4.69) is 16.0 Å². The van der Waals surface area contributed by atoms with E-state index in [-0.39, 0.29) is 12.8 Å². The Kier molecular flexibility index (Phi) is 12.9. The Morgan fingerprint density at radius 1 is 0.933 bits per heavy atom. The molecule has 30 heavy (non-hydrogen) atoms. The van der Waals surface area contributed by atoms with Gasteiger partial charge in [-0.2, -0.15) is 0 Å². The van der Waals surface area contributed by atoms with Crippen molar-refractivity contribution in [3.05, 3.63) is 0 Å². The minimum absolute atomic E-state index is 0.167. The van der Waals surface area contributed by atoms with E-state index in [9.17, 15) is 29.1 Å². The van der Waals surface area contributed by atoms with E-state index in [4.69, 9.17) is 21.7 Å². The number of unbranched alkanes of at least 4 members (excludes halogenated alkanes) is 1. The van der Waals surface area contributed by atoms with Gasteiger partial charge in [-0.15, -0.1) is 0 Å². The molecule has 172 valence electrons. The third kappa shape index (κ3) is 11.3. The van der Waals surface area contributed by atoms with Crippen LogP contribution < -0.4 is 27.4 Å². The van der Waals surface area contributed by atoms with Crippen LogP contribution in [-0.2, 0) is 24.0 Å². The number of rotatable bonds is 15. The second-order valence-corrected chi connectivity index (χ2v) is 6.72. The summed E-state index contributed by atoms with van der Waals surface area (Å²) < 4.78 is 0. The van der Waals surface area contributed by atoms with Crippen molar-refractivity contribution >= 4 is 29.7 Å². The predicted molar refractivity (Wildman–Crippen MR) is 104 cm³/mol. The number of nitrogens with two attached hydrogens (primary N) is 2. The third-order valence-electron chi connectivity index (χ3n) is 4.11. The Balaban J connectivity index is 4.83. The second kappa shape index (κ2) is 14.3. The lowest BCUT2D eigenvalue weighted by Crippen LogP contribution is -2.55. The minimum atomic E-state index is -1.33.